The van der Waals surface area contributed by atoms with Gasteiger partial charge in [0.25, 0.3) is 5.91 Å². The maximum Gasteiger partial charge on any atom is 0.263 e. The van der Waals surface area contributed by atoms with Gasteiger partial charge in [0.2, 0.25) is 0 Å². The van der Waals surface area contributed by atoms with Gasteiger partial charge in [0.15, 0.2) is 0 Å². The van der Waals surface area contributed by atoms with Crippen molar-refractivity contribution in [1.29, 1.82) is 0 Å². The molecule has 1 aliphatic rings. The molecule has 17 heavy (non-hydrogen) atoms. The fourth-order valence-corrected chi connectivity index (χ4v) is 3.28. The number of hydrogen-bond donors (Lipinski definition) is 1. The number of likely N-dealkylation sites (tertiary alicyclic amines) is 1. The van der Waals surface area contributed by atoms with Gasteiger partial charge in [-0.2, -0.15) is 0 Å². The minimum atomic E-state index is 0.143. The number of nitrogens with zero attached hydrogens (tertiary/aromatic N) is 1. The van der Waals surface area contributed by atoms with Crippen LogP contribution in [0, 0.1) is 5.92 Å². The number of carbonyl (C=O) groups is 1. The second kappa shape index (κ2) is 5.65. The minimum absolute atomic E-state index is 0.143. The van der Waals surface area contributed by atoms with Crippen LogP contribution in [0.25, 0.3) is 0 Å². The van der Waals surface area contributed by atoms with Crippen molar-refractivity contribution < 1.29 is 4.79 Å². The Balaban J connectivity index is 2.02. The van der Waals surface area contributed by atoms with Crippen LogP contribution < -0.4 is 5.73 Å². The van der Waals surface area contributed by atoms with E-state index in [4.69, 9.17) is 5.73 Å². The molecular weight excluding hydrogens is 232 g/mol. The minimum Gasteiger partial charge on any atom is -0.336 e. The number of amides is 1. The molecule has 0 bridgehead atoms. The second-order valence-electron chi connectivity index (χ2n) is 4.84. The number of rotatable bonds is 3. The van der Waals surface area contributed by atoms with E-state index in [2.05, 4.69) is 6.92 Å². The summed E-state index contributed by atoms with van der Waals surface area (Å²) in [6, 6.07) is 3.96. The van der Waals surface area contributed by atoms with Crippen molar-refractivity contribution in [2.45, 2.75) is 32.2 Å². The summed E-state index contributed by atoms with van der Waals surface area (Å²) in [4.78, 5) is 15.0. The first kappa shape index (κ1) is 12.6. The quantitative estimate of drug-likeness (QED) is 0.897. The Labute approximate surface area is 107 Å². The van der Waals surface area contributed by atoms with Crippen LogP contribution in [0.15, 0.2) is 17.5 Å². The molecule has 3 nitrogen and oxygen atoms in total. The third kappa shape index (κ3) is 3.07. The summed E-state index contributed by atoms with van der Waals surface area (Å²) in [7, 11) is 0. The van der Waals surface area contributed by atoms with Crippen molar-refractivity contribution in [2.24, 2.45) is 11.7 Å². The largest absolute Gasteiger partial charge is 0.336 e. The molecule has 0 aromatic carbocycles. The lowest BCUT2D eigenvalue weighted by molar-refractivity contribution is 0.0648. The molecule has 2 N–H and O–H groups in total. The smallest absolute Gasteiger partial charge is 0.263 e. The summed E-state index contributed by atoms with van der Waals surface area (Å²) < 4.78 is 0. The zero-order chi connectivity index (χ0) is 12.3. The van der Waals surface area contributed by atoms with Gasteiger partial charge >= 0.3 is 0 Å². The zero-order valence-corrected chi connectivity index (χ0v) is 11.1. The summed E-state index contributed by atoms with van der Waals surface area (Å²) in [6.07, 6.45) is 3.39. The standard InChI is InChI=1S/C13H20N2OS/c1-2-4-10-7-11(14)9-15(8-10)13(16)12-5-3-6-17-12/h3,5-6,10-11H,2,4,7-9,14H2,1H3. The van der Waals surface area contributed by atoms with Gasteiger partial charge in [-0.3, -0.25) is 4.79 Å². The predicted molar refractivity (Wildman–Crippen MR) is 71.2 cm³/mol. The monoisotopic (exact) mass is 252 g/mol. The van der Waals surface area contributed by atoms with Gasteiger partial charge in [0, 0.05) is 19.1 Å². The van der Waals surface area contributed by atoms with E-state index in [1.165, 1.54) is 24.2 Å². The molecule has 2 atom stereocenters. The molecule has 0 radical (unpaired) electrons. The van der Waals surface area contributed by atoms with Crippen molar-refractivity contribution in [2.75, 3.05) is 13.1 Å². The molecule has 1 aromatic heterocycles. The molecule has 94 valence electrons. The molecule has 2 heterocycles. The topological polar surface area (TPSA) is 46.3 Å². The van der Waals surface area contributed by atoms with E-state index in [0.29, 0.717) is 12.5 Å². The van der Waals surface area contributed by atoms with Crippen LogP contribution in [0.3, 0.4) is 0 Å². The Morgan fingerprint density at radius 2 is 2.41 bits per heavy atom. The molecule has 0 saturated carbocycles. The molecule has 2 rings (SSSR count). The number of piperidine rings is 1. The lowest BCUT2D eigenvalue weighted by Gasteiger charge is -2.36. The first-order chi connectivity index (χ1) is 8.20. The SMILES string of the molecule is CCCC1CC(N)CN(C(=O)c2cccs2)C1. The van der Waals surface area contributed by atoms with Gasteiger partial charge in [-0.15, -0.1) is 11.3 Å². The maximum atomic E-state index is 12.2. The number of carbonyl (C=O) groups excluding carboxylic acids is 1. The van der Waals surface area contributed by atoms with Crippen LogP contribution in [-0.2, 0) is 0 Å². The van der Waals surface area contributed by atoms with E-state index in [9.17, 15) is 4.79 Å². The van der Waals surface area contributed by atoms with E-state index in [0.717, 1.165) is 17.8 Å². The summed E-state index contributed by atoms with van der Waals surface area (Å²) in [5, 5.41) is 1.95. The molecule has 0 spiro atoms. The average Bonchev–Trinajstić information content (AvgIpc) is 2.81. The Kier molecular flexibility index (Phi) is 4.18. The number of thiophene rings is 1. The maximum absolute atomic E-state index is 12.2. The first-order valence-corrected chi connectivity index (χ1v) is 7.17. The summed E-state index contributed by atoms with van der Waals surface area (Å²) in [5.41, 5.74) is 6.05. The zero-order valence-electron chi connectivity index (χ0n) is 10.3. The van der Waals surface area contributed by atoms with Crippen molar-refractivity contribution >= 4 is 17.2 Å². The molecule has 1 saturated heterocycles. The molecule has 1 fully saturated rings. The van der Waals surface area contributed by atoms with Gasteiger partial charge in [0.05, 0.1) is 4.88 Å². The molecule has 2 unspecified atom stereocenters. The van der Waals surface area contributed by atoms with Gasteiger partial charge < -0.3 is 10.6 Å². The lowest BCUT2D eigenvalue weighted by atomic mass is 9.91. The Bertz CT molecular complexity index is 364. The average molecular weight is 252 g/mol. The lowest BCUT2D eigenvalue weighted by Crippen LogP contribution is -2.49. The molecule has 0 aliphatic carbocycles. The van der Waals surface area contributed by atoms with Gasteiger partial charge in [-0.25, -0.2) is 0 Å². The van der Waals surface area contributed by atoms with Gasteiger partial charge in [-0.05, 0) is 30.2 Å². The number of hydrogen-bond acceptors (Lipinski definition) is 3. The normalized spacial score (nSPS) is 24.9. The van der Waals surface area contributed by atoms with E-state index in [1.54, 1.807) is 0 Å². The summed E-state index contributed by atoms with van der Waals surface area (Å²) >= 11 is 1.51. The second-order valence-corrected chi connectivity index (χ2v) is 5.79. The van der Waals surface area contributed by atoms with Crippen LogP contribution in [0.2, 0.25) is 0 Å². The van der Waals surface area contributed by atoms with Crippen LogP contribution in [0.4, 0.5) is 0 Å². The van der Waals surface area contributed by atoms with Crippen LogP contribution in [0.1, 0.15) is 35.9 Å². The van der Waals surface area contributed by atoms with Crippen LogP contribution in [-0.4, -0.2) is 29.9 Å². The molecule has 1 amide bonds. The fraction of sp³-hybridized carbons (Fsp3) is 0.615. The first-order valence-electron chi connectivity index (χ1n) is 6.29. The van der Waals surface area contributed by atoms with Crippen molar-refractivity contribution in [3.05, 3.63) is 22.4 Å². The van der Waals surface area contributed by atoms with E-state index in [-0.39, 0.29) is 11.9 Å². The highest BCUT2D eigenvalue weighted by Gasteiger charge is 2.28. The van der Waals surface area contributed by atoms with Gasteiger partial charge in [0.1, 0.15) is 0 Å². The van der Waals surface area contributed by atoms with E-state index in [1.807, 2.05) is 22.4 Å². The van der Waals surface area contributed by atoms with Crippen molar-refractivity contribution in [3.8, 4) is 0 Å². The third-order valence-corrected chi connectivity index (χ3v) is 4.14. The summed E-state index contributed by atoms with van der Waals surface area (Å²) in [5.74, 6) is 0.726. The Hall–Kier alpha value is -0.870. The molecule has 1 aromatic rings. The Morgan fingerprint density at radius 3 is 3.06 bits per heavy atom. The Morgan fingerprint density at radius 1 is 1.59 bits per heavy atom. The van der Waals surface area contributed by atoms with Gasteiger partial charge in [-0.1, -0.05) is 19.4 Å². The van der Waals surface area contributed by atoms with Crippen LogP contribution in [0.5, 0.6) is 0 Å². The van der Waals surface area contributed by atoms with Crippen LogP contribution >= 0.6 is 11.3 Å². The fourth-order valence-electron chi connectivity index (χ4n) is 2.59. The highest BCUT2D eigenvalue weighted by Crippen LogP contribution is 2.23. The van der Waals surface area contributed by atoms with Crippen molar-refractivity contribution in [3.63, 3.8) is 0 Å². The molecule has 4 heteroatoms. The highest BCUT2D eigenvalue weighted by atomic mass is 32.1. The molecule has 1 aliphatic heterocycles. The van der Waals surface area contributed by atoms with E-state index < -0.39 is 0 Å². The molecular formula is C13H20N2OS. The third-order valence-electron chi connectivity index (χ3n) is 3.29. The van der Waals surface area contributed by atoms with Crippen molar-refractivity contribution in [1.82, 2.24) is 4.90 Å². The van der Waals surface area contributed by atoms with E-state index >= 15 is 0 Å². The summed E-state index contributed by atoms with van der Waals surface area (Å²) in [6.45, 7) is 3.76. The predicted octanol–water partition coefficient (Wildman–Crippen LogP) is 2.34. The number of nitrogens with two attached hydrogens (primary N) is 1. The highest BCUT2D eigenvalue weighted by molar-refractivity contribution is 7.12.